The number of quaternary nitrogens is 2. The van der Waals surface area contributed by atoms with Gasteiger partial charge in [-0.3, -0.25) is 10.1 Å². The molecule has 2 aliphatic heterocycles. The van der Waals surface area contributed by atoms with Crippen LogP contribution >= 0.6 is 22.9 Å². The number of piperazine rings is 1. The number of hydrogen-bond donors (Lipinski definition) is 2. The van der Waals surface area contributed by atoms with Gasteiger partial charge >= 0.3 is 0 Å². The van der Waals surface area contributed by atoms with Crippen LogP contribution in [0.15, 0.2) is 24.3 Å². The van der Waals surface area contributed by atoms with E-state index in [2.05, 4.69) is 6.07 Å². The number of fused-ring (bicyclic) bond motifs is 1. The molecule has 0 atom stereocenters. The van der Waals surface area contributed by atoms with E-state index in [0.717, 1.165) is 60.5 Å². The number of nitro benzene ring substituents is 1. The minimum absolute atomic E-state index is 0.107. The molecule has 1 aromatic heterocycles. The third-order valence-corrected chi connectivity index (χ3v) is 6.37. The van der Waals surface area contributed by atoms with Gasteiger partial charge in [0.15, 0.2) is 6.79 Å². The molecule has 9 heteroatoms. The average molecular weight is 412 g/mol. The average Bonchev–Trinajstić information content (AvgIpc) is 3.08. The summed E-state index contributed by atoms with van der Waals surface area (Å²) in [4.78, 5) is 15.2. The van der Waals surface area contributed by atoms with Crippen LogP contribution in [0.25, 0.3) is 0 Å². The quantitative estimate of drug-likeness (QED) is 0.560. The van der Waals surface area contributed by atoms with Gasteiger partial charge in [-0.15, -0.1) is 11.3 Å². The molecule has 3 heterocycles. The van der Waals surface area contributed by atoms with E-state index >= 15 is 0 Å². The second-order valence-corrected chi connectivity index (χ2v) is 8.82. The third-order valence-electron chi connectivity index (χ3n) is 5.14. The standard InChI is InChI=1S/C18H20ClN3O4S/c19-17-2-1-16(27-17)10-21-5-3-20(4-6-21)9-13-7-15(22(23)24)8-14-11-25-12-26-18(13)14/h1-2,7-8H,3-6,9-12H2/p+2. The Morgan fingerprint density at radius 1 is 1.15 bits per heavy atom. The number of halogens is 1. The van der Waals surface area contributed by atoms with Crippen molar-refractivity contribution in [2.75, 3.05) is 33.0 Å². The first kappa shape index (κ1) is 18.6. The van der Waals surface area contributed by atoms with Crippen LogP contribution in [-0.2, 0) is 24.4 Å². The topological polar surface area (TPSA) is 70.5 Å². The van der Waals surface area contributed by atoms with E-state index < -0.39 is 0 Å². The van der Waals surface area contributed by atoms with Gasteiger partial charge in [-0.05, 0) is 12.1 Å². The fourth-order valence-corrected chi connectivity index (χ4v) is 4.95. The number of rotatable bonds is 5. The minimum Gasteiger partial charge on any atom is -0.467 e. The van der Waals surface area contributed by atoms with E-state index in [4.69, 9.17) is 21.1 Å². The largest absolute Gasteiger partial charge is 0.467 e. The van der Waals surface area contributed by atoms with Crippen LogP contribution in [0, 0.1) is 10.1 Å². The summed E-state index contributed by atoms with van der Waals surface area (Å²) in [5.74, 6) is 0.766. The van der Waals surface area contributed by atoms with Gasteiger partial charge < -0.3 is 19.3 Å². The first-order valence-electron chi connectivity index (χ1n) is 9.00. The molecule has 0 bridgehead atoms. The first-order chi connectivity index (χ1) is 13.1. The highest BCUT2D eigenvalue weighted by molar-refractivity contribution is 7.16. The molecule has 0 spiro atoms. The lowest BCUT2D eigenvalue weighted by Crippen LogP contribution is -3.27. The minimum atomic E-state index is -0.345. The molecule has 2 N–H and O–H groups in total. The van der Waals surface area contributed by atoms with Crippen LogP contribution in [0.3, 0.4) is 0 Å². The molecule has 7 nitrogen and oxygen atoms in total. The number of thiophene rings is 1. The Kier molecular flexibility index (Phi) is 5.60. The van der Waals surface area contributed by atoms with Gasteiger partial charge in [-0.2, -0.15) is 0 Å². The highest BCUT2D eigenvalue weighted by Gasteiger charge is 2.27. The Bertz CT molecular complexity index is 836. The van der Waals surface area contributed by atoms with Crippen molar-refractivity contribution in [2.45, 2.75) is 19.7 Å². The number of non-ortho nitro benzene ring substituents is 1. The van der Waals surface area contributed by atoms with Gasteiger partial charge in [0.1, 0.15) is 45.0 Å². The summed E-state index contributed by atoms with van der Waals surface area (Å²) in [6.07, 6.45) is 0. The number of nitrogens with zero attached hydrogens (tertiary/aromatic N) is 1. The van der Waals surface area contributed by atoms with Crippen molar-refractivity contribution in [1.82, 2.24) is 0 Å². The molecule has 0 unspecified atom stereocenters. The Balaban J connectivity index is 1.41. The van der Waals surface area contributed by atoms with Gasteiger partial charge in [0.25, 0.3) is 5.69 Å². The lowest BCUT2D eigenvalue weighted by molar-refractivity contribution is -1.02. The van der Waals surface area contributed by atoms with Crippen molar-refractivity contribution in [2.24, 2.45) is 0 Å². The summed E-state index contributed by atoms with van der Waals surface area (Å²) in [5.41, 5.74) is 1.78. The van der Waals surface area contributed by atoms with Gasteiger partial charge in [0.05, 0.1) is 26.3 Å². The van der Waals surface area contributed by atoms with E-state index in [1.165, 1.54) is 9.78 Å². The molecule has 1 fully saturated rings. The lowest BCUT2D eigenvalue weighted by Gasteiger charge is -2.30. The number of ether oxygens (including phenoxy) is 2. The van der Waals surface area contributed by atoms with Gasteiger partial charge in [-0.25, -0.2) is 0 Å². The summed E-state index contributed by atoms with van der Waals surface area (Å²) in [5, 5.41) is 11.3. The zero-order chi connectivity index (χ0) is 18.8. The molecular weight excluding hydrogens is 390 g/mol. The van der Waals surface area contributed by atoms with Gasteiger partial charge in [-0.1, -0.05) is 11.6 Å². The number of benzene rings is 1. The van der Waals surface area contributed by atoms with E-state index in [0.29, 0.717) is 6.61 Å². The van der Waals surface area contributed by atoms with Crippen molar-refractivity contribution in [3.63, 3.8) is 0 Å². The van der Waals surface area contributed by atoms with E-state index in [1.54, 1.807) is 28.4 Å². The maximum absolute atomic E-state index is 11.3. The molecule has 0 amide bonds. The zero-order valence-electron chi connectivity index (χ0n) is 14.8. The molecule has 0 aliphatic carbocycles. The monoisotopic (exact) mass is 411 g/mol. The molecule has 144 valence electrons. The first-order valence-corrected chi connectivity index (χ1v) is 10.2. The predicted octanol–water partition coefficient (Wildman–Crippen LogP) is 0.660. The Morgan fingerprint density at radius 2 is 1.89 bits per heavy atom. The molecule has 1 saturated heterocycles. The highest BCUT2D eigenvalue weighted by Crippen LogP contribution is 2.32. The smallest absolute Gasteiger partial charge is 0.270 e. The van der Waals surface area contributed by atoms with Crippen LogP contribution in [0.2, 0.25) is 4.34 Å². The fraction of sp³-hybridized carbons (Fsp3) is 0.444. The summed E-state index contributed by atoms with van der Waals surface area (Å²) in [7, 11) is 0. The van der Waals surface area contributed by atoms with Crippen LogP contribution in [0.5, 0.6) is 5.75 Å². The number of nitrogens with one attached hydrogen (secondary N) is 2. The summed E-state index contributed by atoms with van der Waals surface area (Å²) in [6.45, 7) is 6.53. The van der Waals surface area contributed by atoms with Crippen LogP contribution in [-0.4, -0.2) is 37.9 Å². The molecule has 1 aromatic carbocycles. The van der Waals surface area contributed by atoms with Gasteiger partial charge in [0, 0.05) is 17.7 Å². The number of nitro groups is 1. The maximum atomic E-state index is 11.3. The molecule has 27 heavy (non-hydrogen) atoms. The number of hydrogen-bond acceptors (Lipinski definition) is 5. The third kappa shape index (κ3) is 4.41. The van der Waals surface area contributed by atoms with E-state index in [9.17, 15) is 10.1 Å². The molecule has 2 aromatic rings. The van der Waals surface area contributed by atoms with Crippen LogP contribution < -0.4 is 14.5 Å². The van der Waals surface area contributed by atoms with Gasteiger partial charge in [0.2, 0.25) is 0 Å². The SMILES string of the molecule is O=[N+]([O-])c1cc2c(c(C[NH+]3CC[NH+](Cc4ccc(Cl)s4)CC3)c1)OCOC2. The Labute approximate surface area is 166 Å². The molecular formula is C18H22ClN3O4S+2. The predicted molar refractivity (Wildman–Crippen MR) is 102 cm³/mol. The van der Waals surface area contributed by atoms with Crippen molar-refractivity contribution < 1.29 is 24.2 Å². The summed E-state index contributed by atoms with van der Waals surface area (Å²) >= 11 is 7.67. The van der Waals surface area contributed by atoms with Crippen molar-refractivity contribution in [3.8, 4) is 5.75 Å². The highest BCUT2D eigenvalue weighted by atomic mass is 35.5. The second-order valence-electron chi connectivity index (χ2n) is 7.02. The molecule has 2 aliphatic rings. The van der Waals surface area contributed by atoms with Crippen molar-refractivity contribution in [3.05, 3.63) is 54.7 Å². The van der Waals surface area contributed by atoms with E-state index in [-0.39, 0.29) is 17.4 Å². The Morgan fingerprint density at radius 3 is 2.56 bits per heavy atom. The van der Waals surface area contributed by atoms with Crippen molar-refractivity contribution >= 4 is 28.6 Å². The zero-order valence-corrected chi connectivity index (χ0v) is 16.4. The molecule has 0 saturated carbocycles. The lowest BCUT2D eigenvalue weighted by atomic mass is 10.1. The Hall–Kier alpha value is -1.71. The summed E-state index contributed by atoms with van der Waals surface area (Å²) in [6, 6.07) is 7.28. The normalized spacial score (nSPS) is 22.1. The van der Waals surface area contributed by atoms with Crippen LogP contribution in [0.1, 0.15) is 16.0 Å². The van der Waals surface area contributed by atoms with E-state index in [1.807, 2.05) is 6.07 Å². The maximum Gasteiger partial charge on any atom is 0.270 e. The molecule has 4 rings (SSSR count). The van der Waals surface area contributed by atoms with Crippen LogP contribution in [0.4, 0.5) is 5.69 Å². The fourth-order valence-electron chi connectivity index (χ4n) is 3.79. The summed E-state index contributed by atoms with van der Waals surface area (Å²) < 4.78 is 11.8. The molecule has 0 radical (unpaired) electrons. The second kappa shape index (κ2) is 8.12. The van der Waals surface area contributed by atoms with Crippen molar-refractivity contribution in [1.29, 1.82) is 0 Å².